The van der Waals surface area contributed by atoms with Gasteiger partial charge >= 0.3 is 0 Å². The summed E-state index contributed by atoms with van der Waals surface area (Å²) in [5.74, 6) is 2.26. The molecule has 6 aromatic rings. The molecule has 0 saturated heterocycles. The largest absolute Gasteiger partial charge is 0.508 e. The van der Waals surface area contributed by atoms with Crippen molar-refractivity contribution in [3.63, 3.8) is 0 Å². The monoisotopic (exact) mass is 514 g/mol. The molecule has 0 unspecified atom stereocenters. The summed E-state index contributed by atoms with van der Waals surface area (Å²) >= 11 is 0. The molecule has 0 aliphatic heterocycles. The van der Waals surface area contributed by atoms with Gasteiger partial charge in [-0.3, -0.25) is 0 Å². The molecule has 0 aliphatic rings. The molecular formula is C33H30N4O2. The molecule has 0 fully saturated rings. The second-order valence-corrected chi connectivity index (χ2v) is 9.24. The van der Waals surface area contributed by atoms with Crippen molar-refractivity contribution >= 4 is 33.4 Å². The summed E-state index contributed by atoms with van der Waals surface area (Å²) in [4.78, 5) is 8.86. The van der Waals surface area contributed by atoms with Crippen LogP contribution in [0.3, 0.4) is 0 Å². The number of hydrogen-bond donors (Lipinski definition) is 3. The van der Waals surface area contributed by atoms with E-state index in [0.29, 0.717) is 24.5 Å². The molecular weight excluding hydrogens is 484 g/mol. The number of phenolic OH excluding ortho intramolecular Hbond substituents is 1. The number of ether oxygens (including phenoxy) is 1. The Morgan fingerprint density at radius 2 is 1.05 bits per heavy atom. The van der Waals surface area contributed by atoms with E-state index in [1.54, 1.807) is 19.2 Å². The van der Waals surface area contributed by atoms with Crippen LogP contribution >= 0.6 is 0 Å². The first kappa shape index (κ1) is 25.5. The quantitative estimate of drug-likeness (QED) is 0.241. The molecule has 6 heteroatoms. The van der Waals surface area contributed by atoms with Crippen LogP contribution in [0.1, 0.15) is 22.3 Å². The van der Waals surface area contributed by atoms with Crippen LogP contribution in [-0.4, -0.2) is 22.2 Å². The third kappa shape index (κ3) is 5.91. The number of nitrogens with zero attached hydrogens (tertiary/aromatic N) is 2. The summed E-state index contributed by atoms with van der Waals surface area (Å²) in [5, 5.41) is 12.0. The lowest BCUT2D eigenvalue weighted by atomic mass is 10.0. The molecule has 0 atom stereocenters. The van der Waals surface area contributed by atoms with Crippen LogP contribution in [0.4, 0.5) is 11.6 Å². The molecule has 6 rings (SSSR count). The Hall–Kier alpha value is -5.10. The van der Waals surface area contributed by atoms with Gasteiger partial charge in [-0.05, 0) is 58.7 Å². The van der Waals surface area contributed by atoms with Gasteiger partial charge in [0.2, 0.25) is 0 Å². The normalized spacial score (nSPS) is 10.7. The molecule has 39 heavy (non-hydrogen) atoms. The van der Waals surface area contributed by atoms with E-state index in [1.807, 2.05) is 91.0 Å². The molecule has 194 valence electrons. The van der Waals surface area contributed by atoms with Crippen molar-refractivity contribution in [2.75, 3.05) is 18.6 Å². The van der Waals surface area contributed by atoms with Gasteiger partial charge < -0.3 is 21.3 Å². The second kappa shape index (κ2) is 11.5. The number of nitrogen functional groups attached to an aromatic ring is 2. The number of aromatic nitrogens is 2. The standard InChI is InChI=1S/C17H16N2O.C16H14N2O/c1-20-16-9-5-3-7-13(16)11-14-10-12-6-2-4-8-15(12)19-17(14)18;17-16-13(10-12-6-2-4-8-15(12)19)9-11-5-1-3-7-14(11)18-16/h2-10H,11H2,1H3,(H2,18,19);1-9,19H,10H2,(H2,17,18). The van der Waals surface area contributed by atoms with Crippen molar-refractivity contribution in [1.82, 2.24) is 9.97 Å². The number of fused-ring (bicyclic) bond motifs is 2. The van der Waals surface area contributed by atoms with Crippen LogP contribution in [0, 0.1) is 0 Å². The second-order valence-electron chi connectivity index (χ2n) is 9.24. The summed E-state index contributed by atoms with van der Waals surface area (Å²) in [5.41, 5.74) is 17.8. The summed E-state index contributed by atoms with van der Waals surface area (Å²) in [6.45, 7) is 0. The Morgan fingerprint density at radius 1 is 0.590 bits per heavy atom. The van der Waals surface area contributed by atoms with Crippen LogP contribution in [0.5, 0.6) is 11.5 Å². The van der Waals surface area contributed by atoms with Crippen molar-refractivity contribution in [2.45, 2.75) is 12.8 Å². The van der Waals surface area contributed by atoms with Crippen molar-refractivity contribution in [1.29, 1.82) is 0 Å². The van der Waals surface area contributed by atoms with Gasteiger partial charge in [0, 0.05) is 23.6 Å². The lowest BCUT2D eigenvalue weighted by Crippen LogP contribution is -2.00. The molecule has 0 saturated carbocycles. The van der Waals surface area contributed by atoms with E-state index >= 15 is 0 Å². The molecule has 2 heterocycles. The zero-order chi connectivity index (χ0) is 27.2. The third-order valence-electron chi connectivity index (χ3n) is 6.62. The lowest BCUT2D eigenvalue weighted by Gasteiger charge is -2.10. The predicted molar refractivity (Wildman–Crippen MR) is 159 cm³/mol. The average molecular weight is 515 g/mol. The van der Waals surface area contributed by atoms with Gasteiger partial charge in [0.1, 0.15) is 23.1 Å². The fourth-order valence-electron chi connectivity index (χ4n) is 4.55. The minimum Gasteiger partial charge on any atom is -0.508 e. The minimum absolute atomic E-state index is 0.287. The van der Waals surface area contributed by atoms with Gasteiger partial charge in [0.15, 0.2) is 0 Å². The number of phenols is 1. The zero-order valence-corrected chi connectivity index (χ0v) is 21.7. The van der Waals surface area contributed by atoms with Crippen LogP contribution < -0.4 is 16.2 Å². The van der Waals surface area contributed by atoms with E-state index < -0.39 is 0 Å². The predicted octanol–water partition coefficient (Wildman–Crippen LogP) is 6.53. The number of anilines is 2. The van der Waals surface area contributed by atoms with Gasteiger partial charge in [-0.1, -0.05) is 72.8 Å². The molecule has 0 aliphatic carbocycles. The smallest absolute Gasteiger partial charge is 0.127 e. The first-order valence-electron chi connectivity index (χ1n) is 12.7. The maximum atomic E-state index is 9.81. The summed E-state index contributed by atoms with van der Waals surface area (Å²) in [7, 11) is 1.68. The molecule has 5 N–H and O–H groups in total. The van der Waals surface area contributed by atoms with E-state index in [4.69, 9.17) is 16.2 Å². The van der Waals surface area contributed by atoms with Gasteiger partial charge in [0.25, 0.3) is 0 Å². The number of pyridine rings is 2. The van der Waals surface area contributed by atoms with Crippen molar-refractivity contribution in [2.24, 2.45) is 0 Å². The SMILES string of the molecule is COc1ccccc1Cc1cc2ccccc2nc1N.Nc1nc2ccccc2cc1Cc1ccccc1O. The Labute approximate surface area is 227 Å². The van der Waals surface area contributed by atoms with Crippen LogP contribution in [0.2, 0.25) is 0 Å². The molecule has 6 nitrogen and oxygen atoms in total. The number of para-hydroxylation sites is 4. The number of benzene rings is 4. The summed E-state index contributed by atoms with van der Waals surface area (Å²) in [6.07, 6.45) is 1.30. The maximum absolute atomic E-state index is 9.81. The zero-order valence-electron chi connectivity index (χ0n) is 21.7. The van der Waals surface area contributed by atoms with Gasteiger partial charge in [-0.15, -0.1) is 0 Å². The topological polar surface area (TPSA) is 107 Å². The van der Waals surface area contributed by atoms with E-state index in [1.165, 1.54) is 0 Å². The van der Waals surface area contributed by atoms with Crippen LogP contribution in [0.25, 0.3) is 21.8 Å². The summed E-state index contributed by atoms with van der Waals surface area (Å²) in [6, 6.07) is 35.2. The van der Waals surface area contributed by atoms with E-state index in [-0.39, 0.29) is 5.75 Å². The highest BCUT2D eigenvalue weighted by molar-refractivity contribution is 5.82. The van der Waals surface area contributed by atoms with E-state index in [0.717, 1.165) is 49.8 Å². The van der Waals surface area contributed by atoms with Crippen LogP contribution in [0.15, 0.2) is 109 Å². The molecule has 0 spiro atoms. The van der Waals surface area contributed by atoms with Gasteiger partial charge in [0.05, 0.1) is 18.1 Å². The first-order chi connectivity index (χ1) is 19.0. The van der Waals surface area contributed by atoms with E-state index in [2.05, 4.69) is 16.0 Å². The van der Waals surface area contributed by atoms with Crippen molar-refractivity contribution < 1.29 is 9.84 Å². The Morgan fingerprint density at radius 3 is 1.62 bits per heavy atom. The molecule has 2 aromatic heterocycles. The highest BCUT2D eigenvalue weighted by atomic mass is 16.5. The fourth-order valence-corrected chi connectivity index (χ4v) is 4.55. The Balaban J connectivity index is 0.000000158. The van der Waals surface area contributed by atoms with Crippen molar-refractivity contribution in [3.05, 3.63) is 131 Å². The first-order valence-corrected chi connectivity index (χ1v) is 12.7. The average Bonchev–Trinajstić information content (AvgIpc) is 2.95. The number of nitrogens with two attached hydrogens (primary N) is 2. The number of methoxy groups -OCH3 is 1. The maximum Gasteiger partial charge on any atom is 0.127 e. The highest BCUT2D eigenvalue weighted by Gasteiger charge is 2.09. The fraction of sp³-hybridized carbons (Fsp3) is 0.0909. The molecule has 0 amide bonds. The lowest BCUT2D eigenvalue weighted by molar-refractivity contribution is 0.410. The molecule has 4 aromatic carbocycles. The number of hydrogen-bond acceptors (Lipinski definition) is 6. The molecule has 0 radical (unpaired) electrons. The highest BCUT2D eigenvalue weighted by Crippen LogP contribution is 2.26. The molecule has 0 bridgehead atoms. The van der Waals surface area contributed by atoms with Gasteiger partial charge in [-0.2, -0.15) is 0 Å². The number of rotatable bonds is 5. The Bertz CT molecular complexity index is 1750. The van der Waals surface area contributed by atoms with Crippen molar-refractivity contribution in [3.8, 4) is 11.5 Å². The third-order valence-corrected chi connectivity index (χ3v) is 6.62. The van der Waals surface area contributed by atoms with Crippen LogP contribution in [-0.2, 0) is 12.8 Å². The van der Waals surface area contributed by atoms with Gasteiger partial charge in [-0.25, -0.2) is 9.97 Å². The summed E-state index contributed by atoms with van der Waals surface area (Å²) < 4.78 is 5.38. The Kier molecular flexibility index (Phi) is 7.55. The van der Waals surface area contributed by atoms with E-state index in [9.17, 15) is 5.11 Å². The number of aromatic hydroxyl groups is 1. The minimum atomic E-state index is 0.287.